The Morgan fingerprint density at radius 3 is 2.80 bits per heavy atom. The fraction of sp³-hybridized carbons (Fsp3) is 0.111. The summed E-state index contributed by atoms with van der Waals surface area (Å²) >= 11 is 0. The van der Waals surface area contributed by atoms with E-state index in [2.05, 4.69) is 4.99 Å². The molecule has 0 aliphatic carbocycles. The fourth-order valence-electron chi connectivity index (χ4n) is 1.81. The van der Waals surface area contributed by atoms with Gasteiger partial charge in [0.2, 0.25) is 0 Å². The van der Waals surface area contributed by atoms with Crippen LogP contribution in [0.15, 0.2) is 34.2 Å². The number of hydrogen-bond donors (Lipinski definition) is 0. The van der Waals surface area contributed by atoms with Gasteiger partial charge >= 0.3 is 0 Å². The predicted molar refractivity (Wildman–Crippen MR) is 51.9 cm³/mol. The molecule has 0 bridgehead atoms. The molecule has 0 unspecified atom stereocenters. The summed E-state index contributed by atoms with van der Waals surface area (Å²) in [7, 11) is -3.68. The first kappa shape index (κ1) is 8.60. The molecule has 0 aromatic heterocycles. The summed E-state index contributed by atoms with van der Waals surface area (Å²) in [6.07, 6.45) is 0. The van der Waals surface area contributed by atoms with E-state index >= 15 is 0 Å². The molecule has 0 N–H and O–H groups in total. The molecule has 0 saturated heterocycles. The van der Waals surface area contributed by atoms with Gasteiger partial charge in [-0.3, -0.25) is 9.79 Å². The third kappa shape index (κ3) is 0.892. The van der Waals surface area contributed by atoms with Crippen LogP contribution in [0.1, 0.15) is 5.56 Å². The first-order valence-corrected chi connectivity index (χ1v) is 5.78. The van der Waals surface area contributed by atoms with Crippen LogP contribution in [-0.4, -0.2) is 31.0 Å². The van der Waals surface area contributed by atoms with Crippen molar-refractivity contribution in [3.63, 3.8) is 0 Å². The second kappa shape index (κ2) is 2.46. The molecule has 0 fully saturated rings. The molecule has 0 saturated carbocycles. The molecule has 1 aromatic rings. The largest absolute Gasteiger partial charge is 0.272 e. The minimum atomic E-state index is -3.68. The van der Waals surface area contributed by atoms with Crippen molar-refractivity contribution in [2.45, 2.75) is 4.90 Å². The van der Waals surface area contributed by atoms with Crippen molar-refractivity contribution < 1.29 is 13.2 Å². The number of hydrogen-bond acceptors (Lipinski definition) is 4. The zero-order valence-corrected chi connectivity index (χ0v) is 8.36. The quantitative estimate of drug-likeness (QED) is 0.619. The molecule has 6 heteroatoms. The number of sulfonamides is 1. The van der Waals surface area contributed by atoms with Gasteiger partial charge in [-0.2, -0.15) is 4.31 Å². The van der Waals surface area contributed by atoms with Gasteiger partial charge in [-0.1, -0.05) is 12.1 Å². The van der Waals surface area contributed by atoms with E-state index in [1.54, 1.807) is 18.2 Å². The van der Waals surface area contributed by atoms with Gasteiger partial charge in [0.25, 0.3) is 15.9 Å². The number of amides is 1. The van der Waals surface area contributed by atoms with Crippen molar-refractivity contribution in [3.8, 4) is 0 Å². The minimum absolute atomic E-state index is 0.0805. The van der Waals surface area contributed by atoms with E-state index in [1.165, 1.54) is 6.07 Å². The van der Waals surface area contributed by atoms with E-state index in [9.17, 15) is 13.2 Å². The lowest BCUT2D eigenvalue weighted by Gasteiger charge is -2.07. The smallest absolute Gasteiger partial charge is 0.271 e. The number of rotatable bonds is 0. The molecule has 76 valence electrons. The molecule has 0 radical (unpaired) electrons. The molecular weight excluding hydrogens is 216 g/mol. The highest BCUT2D eigenvalue weighted by Crippen LogP contribution is 2.32. The lowest BCUT2D eigenvalue weighted by Crippen LogP contribution is -2.32. The van der Waals surface area contributed by atoms with Crippen molar-refractivity contribution in [2.24, 2.45) is 4.99 Å². The topological polar surface area (TPSA) is 66.8 Å². The van der Waals surface area contributed by atoms with Gasteiger partial charge in [0.05, 0.1) is 4.90 Å². The van der Waals surface area contributed by atoms with Crippen LogP contribution in [0.4, 0.5) is 0 Å². The molecule has 2 aliphatic rings. The van der Waals surface area contributed by atoms with Crippen molar-refractivity contribution in [2.75, 3.05) is 6.54 Å². The van der Waals surface area contributed by atoms with Crippen LogP contribution in [0.2, 0.25) is 0 Å². The normalized spacial score (nSPS) is 21.2. The predicted octanol–water partition coefficient (Wildman–Crippen LogP) is -0.0223. The number of fused-ring (bicyclic) bond motifs is 3. The van der Waals surface area contributed by atoms with Gasteiger partial charge in [0.1, 0.15) is 6.54 Å². The highest BCUT2D eigenvalue weighted by molar-refractivity contribution is 7.91. The molecular formula is C9H6N2O3S. The maximum Gasteiger partial charge on any atom is 0.272 e. The Bertz CT molecular complexity index is 604. The molecule has 2 aliphatic heterocycles. The van der Waals surface area contributed by atoms with Crippen LogP contribution in [0.25, 0.3) is 0 Å². The van der Waals surface area contributed by atoms with Crippen molar-refractivity contribution in [3.05, 3.63) is 29.8 Å². The van der Waals surface area contributed by atoms with Crippen LogP contribution in [-0.2, 0) is 14.8 Å². The van der Waals surface area contributed by atoms with E-state index in [1.807, 2.05) is 0 Å². The Balaban J connectivity index is 2.40. The van der Waals surface area contributed by atoms with Crippen LogP contribution < -0.4 is 0 Å². The molecule has 15 heavy (non-hydrogen) atoms. The number of benzene rings is 1. The summed E-state index contributed by atoms with van der Waals surface area (Å²) in [6, 6.07) is 6.50. The Morgan fingerprint density at radius 2 is 2.00 bits per heavy atom. The number of carbonyl (C=O) groups excluding carboxylic acids is 1. The zero-order valence-electron chi connectivity index (χ0n) is 7.54. The highest BCUT2D eigenvalue weighted by atomic mass is 32.2. The van der Waals surface area contributed by atoms with Gasteiger partial charge in [-0.05, 0) is 12.1 Å². The second-order valence-corrected chi connectivity index (χ2v) is 5.05. The van der Waals surface area contributed by atoms with E-state index in [0.717, 1.165) is 4.31 Å². The summed E-state index contributed by atoms with van der Waals surface area (Å²) in [5.41, 5.74) is 0.517. The van der Waals surface area contributed by atoms with Crippen LogP contribution in [0.5, 0.6) is 0 Å². The number of nitrogens with zero attached hydrogens (tertiary/aromatic N) is 2. The van der Waals surface area contributed by atoms with E-state index in [4.69, 9.17) is 0 Å². The molecule has 1 amide bonds. The monoisotopic (exact) mass is 222 g/mol. The van der Waals surface area contributed by atoms with Crippen LogP contribution in [0, 0.1) is 0 Å². The zero-order chi connectivity index (χ0) is 10.6. The Labute approximate surface area is 86.1 Å². The second-order valence-electron chi connectivity index (χ2n) is 3.30. The summed E-state index contributed by atoms with van der Waals surface area (Å²) in [6.45, 7) is -0.0805. The fourth-order valence-corrected chi connectivity index (χ4v) is 3.40. The van der Waals surface area contributed by atoms with Gasteiger partial charge in [0.15, 0.2) is 5.84 Å². The van der Waals surface area contributed by atoms with E-state index in [0.29, 0.717) is 5.56 Å². The Hall–Kier alpha value is -1.69. The summed E-state index contributed by atoms with van der Waals surface area (Å²) in [4.78, 5) is 15.5. The average molecular weight is 222 g/mol. The molecule has 1 aromatic carbocycles. The van der Waals surface area contributed by atoms with Gasteiger partial charge in [0, 0.05) is 5.56 Å². The molecule has 3 rings (SSSR count). The summed E-state index contributed by atoms with van der Waals surface area (Å²) in [5.74, 6) is -0.225. The van der Waals surface area contributed by atoms with Gasteiger partial charge in [-0.25, -0.2) is 8.42 Å². The molecule has 0 spiro atoms. The standard InChI is InChI=1S/C9H6N2O3S/c12-8-5-10-9-6-3-1-2-4-7(6)15(13,14)11(8)9/h1-4H,5H2. The Morgan fingerprint density at radius 1 is 1.27 bits per heavy atom. The number of carbonyl (C=O) groups is 1. The van der Waals surface area contributed by atoms with Crippen molar-refractivity contribution in [1.82, 2.24) is 4.31 Å². The summed E-state index contributed by atoms with van der Waals surface area (Å²) < 4.78 is 24.6. The number of aliphatic imine (C=N–C) groups is 1. The number of amidine groups is 1. The third-order valence-electron chi connectivity index (χ3n) is 2.43. The Kier molecular flexibility index (Phi) is 1.41. The van der Waals surface area contributed by atoms with Gasteiger partial charge in [-0.15, -0.1) is 0 Å². The maximum absolute atomic E-state index is 11.9. The lowest BCUT2D eigenvalue weighted by atomic mass is 10.2. The van der Waals surface area contributed by atoms with Crippen LogP contribution >= 0.6 is 0 Å². The highest BCUT2D eigenvalue weighted by Gasteiger charge is 2.45. The van der Waals surface area contributed by atoms with Crippen molar-refractivity contribution in [1.29, 1.82) is 0 Å². The molecule has 0 atom stereocenters. The molecule has 2 heterocycles. The third-order valence-corrected chi connectivity index (χ3v) is 4.20. The maximum atomic E-state index is 11.9. The van der Waals surface area contributed by atoms with Crippen molar-refractivity contribution >= 4 is 21.8 Å². The molecule has 5 nitrogen and oxygen atoms in total. The van der Waals surface area contributed by atoms with Crippen LogP contribution in [0.3, 0.4) is 0 Å². The SMILES string of the molecule is O=C1CN=C2c3ccccc3S(=O)(=O)N12. The minimum Gasteiger partial charge on any atom is -0.271 e. The van der Waals surface area contributed by atoms with E-state index in [-0.39, 0.29) is 17.3 Å². The first-order valence-electron chi connectivity index (χ1n) is 4.34. The van der Waals surface area contributed by atoms with E-state index < -0.39 is 15.9 Å². The lowest BCUT2D eigenvalue weighted by molar-refractivity contribution is -0.121. The summed E-state index contributed by atoms with van der Waals surface area (Å²) in [5, 5.41) is 0. The average Bonchev–Trinajstić information content (AvgIpc) is 2.69. The van der Waals surface area contributed by atoms with Gasteiger partial charge < -0.3 is 0 Å². The first-order chi connectivity index (χ1) is 7.12.